The summed E-state index contributed by atoms with van der Waals surface area (Å²) in [5, 5.41) is 18.1. The van der Waals surface area contributed by atoms with E-state index in [1.54, 1.807) is 0 Å². The fourth-order valence-corrected chi connectivity index (χ4v) is 2.97. The fraction of sp³-hybridized carbons (Fsp3) is 0.818. The summed E-state index contributed by atoms with van der Waals surface area (Å²) in [6, 6.07) is 0. The van der Waals surface area contributed by atoms with E-state index < -0.39 is 17.9 Å². The predicted molar refractivity (Wildman–Crippen MR) is 52.3 cm³/mol. The molecule has 4 heteroatoms. The Labute approximate surface area is 88.3 Å². The normalized spacial score (nSPS) is 29.8. The lowest BCUT2D eigenvalue weighted by molar-refractivity contribution is -0.154. The van der Waals surface area contributed by atoms with Crippen molar-refractivity contribution < 1.29 is 19.8 Å². The van der Waals surface area contributed by atoms with E-state index in [0.717, 1.165) is 32.1 Å². The van der Waals surface area contributed by atoms with Crippen LogP contribution in [0.5, 0.6) is 0 Å². The SMILES string of the molecule is O=C(O)C(=O)C(O)C1CC12CCCCC2. The molecule has 2 fully saturated rings. The number of hydrogen-bond acceptors (Lipinski definition) is 3. The summed E-state index contributed by atoms with van der Waals surface area (Å²) in [7, 11) is 0. The van der Waals surface area contributed by atoms with Crippen molar-refractivity contribution in [2.45, 2.75) is 44.6 Å². The molecule has 2 saturated carbocycles. The number of aliphatic hydroxyl groups excluding tert-OH is 1. The van der Waals surface area contributed by atoms with Gasteiger partial charge in [0, 0.05) is 0 Å². The van der Waals surface area contributed by atoms with Crippen molar-refractivity contribution >= 4 is 11.8 Å². The third-order valence-electron chi connectivity index (χ3n) is 3.96. The zero-order chi connectivity index (χ0) is 11.1. The summed E-state index contributed by atoms with van der Waals surface area (Å²) in [6.07, 6.45) is 5.14. The Kier molecular flexibility index (Phi) is 2.54. The Morgan fingerprint density at radius 2 is 1.80 bits per heavy atom. The number of aliphatic carboxylic acids is 1. The van der Waals surface area contributed by atoms with E-state index in [1.807, 2.05) is 0 Å². The number of carbonyl (C=O) groups excluding carboxylic acids is 1. The van der Waals surface area contributed by atoms with E-state index in [2.05, 4.69) is 0 Å². The highest BCUT2D eigenvalue weighted by Gasteiger charge is 2.58. The summed E-state index contributed by atoms with van der Waals surface area (Å²) < 4.78 is 0. The number of carbonyl (C=O) groups is 2. The minimum atomic E-state index is -1.51. The van der Waals surface area contributed by atoms with Crippen LogP contribution in [-0.2, 0) is 9.59 Å². The smallest absolute Gasteiger partial charge is 0.375 e. The molecule has 4 nitrogen and oxygen atoms in total. The van der Waals surface area contributed by atoms with Crippen molar-refractivity contribution in [1.29, 1.82) is 0 Å². The van der Waals surface area contributed by atoms with Gasteiger partial charge < -0.3 is 10.2 Å². The zero-order valence-electron chi connectivity index (χ0n) is 8.61. The first-order valence-corrected chi connectivity index (χ1v) is 5.52. The molecule has 0 saturated heterocycles. The molecule has 2 atom stereocenters. The first kappa shape index (κ1) is 10.6. The minimum Gasteiger partial charge on any atom is -0.475 e. The number of ketones is 1. The number of carboxylic acids is 1. The lowest BCUT2D eigenvalue weighted by atomic mass is 9.83. The number of carboxylic acid groups (broad SMARTS) is 1. The average Bonchev–Trinajstić information content (AvgIpc) is 2.91. The molecular formula is C11H16O4. The van der Waals surface area contributed by atoms with E-state index in [9.17, 15) is 14.7 Å². The van der Waals surface area contributed by atoms with Crippen LogP contribution in [0.3, 0.4) is 0 Å². The van der Waals surface area contributed by atoms with Gasteiger partial charge in [-0.3, -0.25) is 4.79 Å². The quantitative estimate of drug-likeness (QED) is 0.683. The highest BCUT2D eigenvalue weighted by atomic mass is 16.4. The van der Waals surface area contributed by atoms with E-state index in [4.69, 9.17) is 5.11 Å². The van der Waals surface area contributed by atoms with Crippen LogP contribution >= 0.6 is 0 Å². The number of Topliss-reactive ketones (excluding diaryl/α,β-unsaturated/α-hetero) is 1. The van der Waals surface area contributed by atoms with Crippen molar-refractivity contribution in [1.82, 2.24) is 0 Å². The average molecular weight is 212 g/mol. The van der Waals surface area contributed by atoms with Crippen molar-refractivity contribution in [3.63, 3.8) is 0 Å². The van der Waals surface area contributed by atoms with Gasteiger partial charge in [-0.25, -0.2) is 4.79 Å². The molecule has 2 unspecified atom stereocenters. The van der Waals surface area contributed by atoms with Crippen LogP contribution in [0.15, 0.2) is 0 Å². The van der Waals surface area contributed by atoms with Gasteiger partial charge in [-0.1, -0.05) is 19.3 Å². The summed E-state index contributed by atoms with van der Waals surface area (Å²) in [4.78, 5) is 21.5. The molecule has 0 aromatic heterocycles. The maximum Gasteiger partial charge on any atom is 0.375 e. The molecule has 2 aliphatic rings. The van der Waals surface area contributed by atoms with Gasteiger partial charge in [-0.05, 0) is 30.6 Å². The van der Waals surface area contributed by atoms with Crippen molar-refractivity contribution in [3.05, 3.63) is 0 Å². The van der Waals surface area contributed by atoms with E-state index in [1.165, 1.54) is 6.42 Å². The Hall–Kier alpha value is -0.900. The Balaban J connectivity index is 1.97. The topological polar surface area (TPSA) is 74.6 Å². The van der Waals surface area contributed by atoms with E-state index >= 15 is 0 Å². The molecule has 0 radical (unpaired) electrons. The molecule has 0 aliphatic heterocycles. The van der Waals surface area contributed by atoms with Gasteiger partial charge in [0.1, 0.15) is 6.10 Å². The summed E-state index contributed by atoms with van der Waals surface area (Å²) >= 11 is 0. The largest absolute Gasteiger partial charge is 0.475 e. The molecule has 0 bridgehead atoms. The van der Waals surface area contributed by atoms with Gasteiger partial charge in [-0.15, -0.1) is 0 Å². The second-order valence-corrected chi connectivity index (χ2v) is 4.85. The van der Waals surface area contributed by atoms with Crippen molar-refractivity contribution in [2.75, 3.05) is 0 Å². The molecule has 0 aromatic rings. The molecule has 2 N–H and O–H groups in total. The Morgan fingerprint density at radius 3 is 2.33 bits per heavy atom. The Morgan fingerprint density at radius 1 is 1.20 bits per heavy atom. The van der Waals surface area contributed by atoms with E-state index in [0.29, 0.717) is 0 Å². The maximum atomic E-state index is 11.1. The monoisotopic (exact) mass is 212 g/mol. The summed E-state index contributed by atoms with van der Waals surface area (Å²) in [6.45, 7) is 0. The van der Waals surface area contributed by atoms with Crippen LogP contribution in [0.4, 0.5) is 0 Å². The van der Waals surface area contributed by atoms with Crippen LogP contribution in [0.25, 0.3) is 0 Å². The third kappa shape index (κ3) is 1.78. The molecule has 0 heterocycles. The minimum absolute atomic E-state index is 0.0959. The van der Waals surface area contributed by atoms with Crippen LogP contribution in [0.2, 0.25) is 0 Å². The maximum absolute atomic E-state index is 11.1. The first-order chi connectivity index (χ1) is 7.07. The van der Waals surface area contributed by atoms with Crippen LogP contribution in [0.1, 0.15) is 38.5 Å². The molecule has 0 amide bonds. The molecule has 2 aliphatic carbocycles. The summed E-state index contributed by atoms with van der Waals surface area (Å²) in [5.41, 5.74) is 0.1000. The molecule has 1 spiro atoms. The lowest BCUT2D eigenvalue weighted by Gasteiger charge is -2.23. The van der Waals surface area contributed by atoms with Gasteiger partial charge in [0.2, 0.25) is 0 Å². The molecule has 0 aromatic carbocycles. The van der Waals surface area contributed by atoms with Crippen LogP contribution in [0, 0.1) is 11.3 Å². The van der Waals surface area contributed by atoms with Crippen molar-refractivity contribution in [2.24, 2.45) is 11.3 Å². The summed E-state index contributed by atoms with van der Waals surface area (Å²) in [5.74, 6) is -2.65. The highest BCUT2D eigenvalue weighted by molar-refractivity contribution is 6.34. The highest BCUT2D eigenvalue weighted by Crippen LogP contribution is 2.62. The molecule has 2 rings (SSSR count). The fourth-order valence-electron chi connectivity index (χ4n) is 2.97. The van der Waals surface area contributed by atoms with Gasteiger partial charge in [0.05, 0.1) is 0 Å². The number of hydrogen-bond donors (Lipinski definition) is 2. The standard InChI is InChI=1S/C11H16O4/c12-8(9(13)10(14)15)7-6-11(7)4-2-1-3-5-11/h7-8,12H,1-6H2,(H,14,15). The number of aliphatic hydroxyl groups is 1. The van der Waals surface area contributed by atoms with E-state index in [-0.39, 0.29) is 11.3 Å². The lowest BCUT2D eigenvalue weighted by Crippen LogP contribution is -2.32. The van der Waals surface area contributed by atoms with Gasteiger partial charge in [0.25, 0.3) is 5.78 Å². The second-order valence-electron chi connectivity index (χ2n) is 4.85. The Bertz CT molecular complexity index is 291. The van der Waals surface area contributed by atoms with Gasteiger partial charge in [-0.2, -0.15) is 0 Å². The number of rotatable bonds is 3. The molecule has 84 valence electrons. The van der Waals surface area contributed by atoms with Gasteiger partial charge in [0.15, 0.2) is 0 Å². The van der Waals surface area contributed by atoms with Gasteiger partial charge >= 0.3 is 5.97 Å². The first-order valence-electron chi connectivity index (χ1n) is 5.52. The second kappa shape index (κ2) is 3.59. The van der Waals surface area contributed by atoms with Crippen molar-refractivity contribution in [3.8, 4) is 0 Å². The molecular weight excluding hydrogens is 196 g/mol. The predicted octanol–water partition coefficient (Wildman–Crippen LogP) is 0.971. The third-order valence-corrected chi connectivity index (χ3v) is 3.96. The van der Waals surface area contributed by atoms with Crippen LogP contribution in [-0.4, -0.2) is 28.1 Å². The molecule has 15 heavy (non-hydrogen) atoms. The zero-order valence-corrected chi connectivity index (χ0v) is 8.61. The van der Waals surface area contributed by atoms with Crippen LogP contribution < -0.4 is 0 Å².